The first kappa shape index (κ1) is 21.4. The number of hydrogen-bond donors (Lipinski definition) is 0. The number of aromatic nitrogens is 2. The SMILES string of the molecule is CCn1cc(C2CCN(S(=O)(=O)c3ccc(SC(C)C)cc3)CC2)c2ccncc21. The zero-order chi connectivity index (χ0) is 21.3. The fraction of sp³-hybridized carbons (Fsp3) is 0.435. The van der Waals surface area contributed by atoms with Gasteiger partial charge in [0.1, 0.15) is 0 Å². The van der Waals surface area contributed by atoms with Crippen molar-refractivity contribution in [1.29, 1.82) is 0 Å². The van der Waals surface area contributed by atoms with Crippen LogP contribution in [0.15, 0.2) is 58.7 Å². The van der Waals surface area contributed by atoms with Crippen LogP contribution in [0.4, 0.5) is 0 Å². The summed E-state index contributed by atoms with van der Waals surface area (Å²) >= 11 is 1.74. The summed E-state index contributed by atoms with van der Waals surface area (Å²) in [6.07, 6.45) is 7.67. The Balaban J connectivity index is 1.49. The molecule has 7 heteroatoms. The molecule has 0 N–H and O–H groups in total. The summed E-state index contributed by atoms with van der Waals surface area (Å²) < 4.78 is 30.1. The van der Waals surface area contributed by atoms with E-state index in [0.29, 0.717) is 29.2 Å². The number of thioether (sulfide) groups is 1. The van der Waals surface area contributed by atoms with Gasteiger partial charge in [-0.25, -0.2) is 8.42 Å². The van der Waals surface area contributed by atoms with Crippen molar-refractivity contribution in [1.82, 2.24) is 13.9 Å². The third-order valence-electron chi connectivity index (χ3n) is 5.78. The largest absolute Gasteiger partial charge is 0.346 e. The highest BCUT2D eigenvalue weighted by Crippen LogP contribution is 2.36. The van der Waals surface area contributed by atoms with Gasteiger partial charge in [0.25, 0.3) is 0 Å². The van der Waals surface area contributed by atoms with E-state index in [2.05, 4.69) is 42.6 Å². The van der Waals surface area contributed by atoms with Crippen molar-refractivity contribution in [2.24, 2.45) is 0 Å². The minimum atomic E-state index is -3.45. The number of nitrogens with zero attached hydrogens (tertiary/aromatic N) is 3. The van der Waals surface area contributed by atoms with E-state index in [-0.39, 0.29) is 0 Å². The fourth-order valence-electron chi connectivity index (χ4n) is 4.27. The van der Waals surface area contributed by atoms with Crippen molar-refractivity contribution >= 4 is 32.7 Å². The van der Waals surface area contributed by atoms with Gasteiger partial charge in [-0.2, -0.15) is 4.31 Å². The molecule has 5 nitrogen and oxygen atoms in total. The Bertz CT molecular complexity index is 1110. The summed E-state index contributed by atoms with van der Waals surface area (Å²) in [5, 5.41) is 1.72. The molecule has 1 saturated heterocycles. The van der Waals surface area contributed by atoms with Crippen molar-refractivity contribution in [3.63, 3.8) is 0 Å². The maximum atomic E-state index is 13.1. The van der Waals surface area contributed by atoms with E-state index in [1.54, 1.807) is 28.2 Å². The lowest BCUT2D eigenvalue weighted by molar-refractivity contribution is 0.320. The first-order valence-corrected chi connectivity index (χ1v) is 12.9. The summed E-state index contributed by atoms with van der Waals surface area (Å²) in [7, 11) is -3.45. The molecule has 1 aliphatic heterocycles. The highest BCUT2D eigenvalue weighted by molar-refractivity contribution is 7.99. The summed E-state index contributed by atoms with van der Waals surface area (Å²) in [6.45, 7) is 8.41. The summed E-state index contributed by atoms with van der Waals surface area (Å²) in [5.41, 5.74) is 2.48. The Morgan fingerprint density at radius 3 is 2.47 bits per heavy atom. The molecule has 1 fully saturated rings. The summed E-state index contributed by atoms with van der Waals surface area (Å²) in [6, 6.07) is 9.40. The number of hydrogen-bond acceptors (Lipinski definition) is 4. The Morgan fingerprint density at radius 2 is 1.83 bits per heavy atom. The quantitative estimate of drug-likeness (QED) is 0.496. The topological polar surface area (TPSA) is 55.2 Å². The van der Waals surface area contributed by atoms with Crippen LogP contribution in [-0.2, 0) is 16.6 Å². The number of aryl methyl sites for hydroxylation is 1. The number of rotatable bonds is 6. The van der Waals surface area contributed by atoms with Crippen LogP contribution in [0.3, 0.4) is 0 Å². The van der Waals surface area contributed by atoms with E-state index in [1.807, 2.05) is 24.5 Å². The van der Waals surface area contributed by atoms with Crippen LogP contribution in [0.25, 0.3) is 10.9 Å². The van der Waals surface area contributed by atoms with Crippen molar-refractivity contribution in [2.45, 2.75) is 61.1 Å². The van der Waals surface area contributed by atoms with Crippen LogP contribution in [0, 0.1) is 0 Å². The van der Waals surface area contributed by atoms with Crippen LogP contribution < -0.4 is 0 Å². The Kier molecular flexibility index (Phi) is 6.23. The fourth-order valence-corrected chi connectivity index (χ4v) is 6.58. The van der Waals surface area contributed by atoms with Gasteiger partial charge in [0, 0.05) is 47.6 Å². The van der Waals surface area contributed by atoms with Crippen LogP contribution in [0.1, 0.15) is 45.1 Å². The molecule has 1 aliphatic rings. The van der Waals surface area contributed by atoms with Crippen molar-refractivity contribution in [2.75, 3.05) is 13.1 Å². The molecule has 2 aromatic heterocycles. The van der Waals surface area contributed by atoms with Crippen LogP contribution in [0.2, 0.25) is 0 Å². The van der Waals surface area contributed by atoms with Crippen molar-refractivity contribution in [3.05, 3.63) is 54.5 Å². The van der Waals surface area contributed by atoms with E-state index in [1.165, 1.54) is 10.9 Å². The molecular weight excluding hydrogens is 414 g/mol. The average Bonchev–Trinajstić information content (AvgIpc) is 3.13. The number of pyridine rings is 1. The molecule has 0 atom stereocenters. The maximum Gasteiger partial charge on any atom is 0.243 e. The Labute approximate surface area is 183 Å². The second kappa shape index (κ2) is 8.73. The zero-order valence-electron chi connectivity index (χ0n) is 17.8. The molecule has 0 aliphatic carbocycles. The molecule has 30 heavy (non-hydrogen) atoms. The van der Waals surface area contributed by atoms with E-state index < -0.39 is 10.0 Å². The second-order valence-corrected chi connectivity index (χ2v) is 11.7. The highest BCUT2D eigenvalue weighted by Gasteiger charge is 2.31. The normalized spacial score (nSPS) is 16.5. The summed E-state index contributed by atoms with van der Waals surface area (Å²) in [5.74, 6) is 0.374. The predicted octanol–water partition coefficient (Wildman–Crippen LogP) is 5.13. The summed E-state index contributed by atoms with van der Waals surface area (Å²) in [4.78, 5) is 5.76. The van der Waals surface area contributed by atoms with Gasteiger partial charge in [-0.1, -0.05) is 13.8 Å². The van der Waals surface area contributed by atoms with Gasteiger partial charge in [0.05, 0.1) is 16.6 Å². The molecule has 4 rings (SSSR count). The van der Waals surface area contributed by atoms with Gasteiger partial charge in [-0.3, -0.25) is 4.98 Å². The predicted molar refractivity (Wildman–Crippen MR) is 124 cm³/mol. The molecule has 160 valence electrons. The van der Waals surface area contributed by atoms with Gasteiger partial charge >= 0.3 is 0 Å². The molecule has 0 bridgehead atoms. The van der Waals surface area contributed by atoms with Gasteiger partial charge in [0.2, 0.25) is 10.0 Å². The minimum absolute atomic E-state index is 0.374. The standard InChI is InChI=1S/C23H29N3O2S2/c1-4-25-16-22(21-9-12-24-15-23(21)25)18-10-13-26(14-11-18)30(27,28)20-7-5-19(6-8-20)29-17(2)3/h5-9,12,15-18H,4,10-11,13-14H2,1-3H3. The Morgan fingerprint density at radius 1 is 1.13 bits per heavy atom. The number of sulfonamides is 1. The van der Waals surface area contributed by atoms with Gasteiger partial charge in [-0.05, 0) is 61.6 Å². The average molecular weight is 444 g/mol. The third-order valence-corrected chi connectivity index (χ3v) is 8.71. The van der Waals surface area contributed by atoms with Gasteiger partial charge in [0.15, 0.2) is 0 Å². The first-order valence-electron chi connectivity index (χ1n) is 10.6. The number of fused-ring (bicyclic) bond motifs is 1. The molecule has 3 aromatic rings. The van der Waals surface area contributed by atoms with Gasteiger partial charge in [-0.15, -0.1) is 11.8 Å². The van der Waals surface area contributed by atoms with E-state index in [0.717, 1.165) is 29.8 Å². The van der Waals surface area contributed by atoms with E-state index >= 15 is 0 Å². The zero-order valence-corrected chi connectivity index (χ0v) is 19.4. The number of piperidine rings is 1. The second-order valence-electron chi connectivity index (χ2n) is 8.08. The lowest BCUT2D eigenvalue weighted by Crippen LogP contribution is -2.37. The van der Waals surface area contributed by atoms with Crippen LogP contribution in [-0.4, -0.2) is 40.6 Å². The highest BCUT2D eigenvalue weighted by atomic mass is 32.2. The Hall–Kier alpha value is -1.83. The minimum Gasteiger partial charge on any atom is -0.346 e. The smallest absolute Gasteiger partial charge is 0.243 e. The van der Waals surface area contributed by atoms with E-state index in [4.69, 9.17) is 0 Å². The van der Waals surface area contributed by atoms with Crippen molar-refractivity contribution < 1.29 is 8.42 Å². The molecule has 0 radical (unpaired) electrons. The van der Waals surface area contributed by atoms with Crippen LogP contribution >= 0.6 is 11.8 Å². The maximum absolute atomic E-state index is 13.1. The molecule has 0 amide bonds. The third kappa shape index (κ3) is 4.15. The molecule has 1 aromatic carbocycles. The lowest BCUT2D eigenvalue weighted by atomic mass is 9.90. The van der Waals surface area contributed by atoms with Crippen LogP contribution in [0.5, 0.6) is 0 Å². The van der Waals surface area contributed by atoms with E-state index in [9.17, 15) is 8.42 Å². The molecule has 0 spiro atoms. The van der Waals surface area contributed by atoms with Crippen molar-refractivity contribution in [3.8, 4) is 0 Å². The molecule has 3 heterocycles. The monoisotopic (exact) mass is 443 g/mol. The first-order chi connectivity index (χ1) is 14.4. The molecule has 0 unspecified atom stereocenters. The number of benzene rings is 1. The van der Waals surface area contributed by atoms with Gasteiger partial charge < -0.3 is 4.57 Å². The molecule has 0 saturated carbocycles. The molecular formula is C23H29N3O2S2. The lowest BCUT2D eigenvalue weighted by Gasteiger charge is -2.31.